The van der Waals surface area contributed by atoms with Gasteiger partial charge in [0.1, 0.15) is 19.0 Å². The fraction of sp³-hybridized carbons (Fsp3) is 0.471. The SMILES string of the molecule is Cn1ccnc1CN1CCC[C@@H]1c1ccc2c(c1)OCCO2. The number of hydrogen-bond donors (Lipinski definition) is 0. The predicted molar refractivity (Wildman–Crippen MR) is 83.0 cm³/mol. The Morgan fingerprint density at radius 1 is 1.23 bits per heavy atom. The van der Waals surface area contributed by atoms with E-state index in [1.54, 1.807) is 0 Å². The molecule has 0 unspecified atom stereocenters. The maximum absolute atomic E-state index is 5.72. The molecule has 0 spiro atoms. The van der Waals surface area contributed by atoms with Crippen molar-refractivity contribution in [2.24, 2.45) is 7.05 Å². The predicted octanol–water partition coefficient (Wildman–Crippen LogP) is 2.53. The molecule has 22 heavy (non-hydrogen) atoms. The molecule has 2 aliphatic heterocycles. The van der Waals surface area contributed by atoms with Crippen LogP contribution in [0.25, 0.3) is 0 Å². The van der Waals surface area contributed by atoms with Crippen molar-refractivity contribution < 1.29 is 9.47 Å². The van der Waals surface area contributed by atoms with Gasteiger partial charge in [-0.25, -0.2) is 4.98 Å². The molecule has 5 nitrogen and oxygen atoms in total. The highest BCUT2D eigenvalue weighted by atomic mass is 16.6. The molecule has 0 saturated carbocycles. The maximum atomic E-state index is 5.72. The van der Waals surface area contributed by atoms with Crippen molar-refractivity contribution in [1.29, 1.82) is 0 Å². The van der Waals surface area contributed by atoms with Crippen LogP contribution in [0.15, 0.2) is 30.6 Å². The second-order valence-electron chi connectivity index (χ2n) is 5.99. The minimum absolute atomic E-state index is 0.438. The zero-order valence-electron chi connectivity index (χ0n) is 12.9. The first-order chi connectivity index (χ1) is 10.8. The van der Waals surface area contributed by atoms with Crippen LogP contribution in [0.2, 0.25) is 0 Å². The summed E-state index contributed by atoms with van der Waals surface area (Å²) < 4.78 is 13.4. The highest BCUT2D eigenvalue weighted by Crippen LogP contribution is 2.38. The first-order valence-electron chi connectivity index (χ1n) is 7.91. The lowest BCUT2D eigenvalue weighted by Gasteiger charge is -2.26. The molecule has 4 rings (SSSR count). The molecule has 2 aromatic rings. The van der Waals surface area contributed by atoms with Gasteiger partial charge in [0, 0.05) is 25.5 Å². The van der Waals surface area contributed by atoms with Crippen molar-refractivity contribution >= 4 is 0 Å². The third-order valence-corrected chi connectivity index (χ3v) is 4.58. The summed E-state index contributed by atoms with van der Waals surface area (Å²) in [7, 11) is 2.05. The molecule has 1 saturated heterocycles. The van der Waals surface area contributed by atoms with Crippen LogP contribution in [0.3, 0.4) is 0 Å². The molecule has 1 aromatic carbocycles. The lowest BCUT2D eigenvalue weighted by Crippen LogP contribution is -2.24. The summed E-state index contributed by atoms with van der Waals surface area (Å²) in [5.74, 6) is 2.86. The van der Waals surface area contributed by atoms with Crippen molar-refractivity contribution in [1.82, 2.24) is 14.5 Å². The number of fused-ring (bicyclic) bond motifs is 1. The van der Waals surface area contributed by atoms with Gasteiger partial charge >= 0.3 is 0 Å². The van der Waals surface area contributed by atoms with E-state index >= 15 is 0 Å². The van der Waals surface area contributed by atoms with Gasteiger partial charge in [-0.3, -0.25) is 4.90 Å². The van der Waals surface area contributed by atoms with E-state index in [-0.39, 0.29) is 0 Å². The Morgan fingerprint density at radius 3 is 2.91 bits per heavy atom. The average molecular weight is 299 g/mol. The van der Waals surface area contributed by atoms with E-state index in [1.165, 1.54) is 18.4 Å². The number of aromatic nitrogens is 2. The molecule has 2 aliphatic rings. The van der Waals surface area contributed by atoms with Crippen molar-refractivity contribution in [3.05, 3.63) is 42.0 Å². The number of hydrogen-bond acceptors (Lipinski definition) is 4. The third kappa shape index (κ3) is 2.46. The van der Waals surface area contributed by atoms with E-state index in [9.17, 15) is 0 Å². The number of ether oxygens (including phenoxy) is 2. The van der Waals surface area contributed by atoms with Gasteiger partial charge in [0.05, 0.1) is 6.54 Å². The van der Waals surface area contributed by atoms with Gasteiger partial charge in [0.2, 0.25) is 0 Å². The van der Waals surface area contributed by atoms with E-state index in [4.69, 9.17) is 9.47 Å². The number of benzene rings is 1. The summed E-state index contributed by atoms with van der Waals surface area (Å²) in [5.41, 5.74) is 1.32. The van der Waals surface area contributed by atoms with Crippen LogP contribution < -0.4 is 9.47 Å². The van der Waals surface area contributed by atoms with Crippen LogP contribution in [0.4, 0.5) is 0 Å². The molecule has 0 N–H and O–H groups in total. The zero-order chi connectivity index (χ0) is 14.9. The molecule has 0 bridgehead atoms. The Balaban J connectivity index is 1.57. The van der Waals surface area contributed by atoms with E-state index in [2.05, 4.69) is 33.6 Å². The molecule has 0 amide bonds. The van der Waals surface area contributed by atoms with Gasteiger partial charge in [-0.05, 0) is 37.1 Å². The molecule has 5 heteroatoms. The largest absolute Gasteiger partial charge is 0.486 e. The van der Waals surface area contributed by atoms with E-state index in [0.29, 0.717) is 19.3 Å². The van der Waals surface area contributed by atoms with Gasteiger partial charge in [-0.2, -0.15) is 0 Å². The normalized spacial score (nSPS) is 21.2. The molecule has 1 atom stereocenters. The number of rotatable bonds is 3. The lowest BCUT2D eigenvalue weighted by molar-refractivity contribution is 0.170. The highest BCUT2D eigenvalue weighted by molar-refractivity contribution is 5.44. The first kappa shape index (κ1) is 13.6. The minimum Gasteiger partial charge on any atom is -0.486 e. The summed E-state index contributed by atoms with van der Waals surface area (Å²) >= 11 is 0. The standard InChI is InChI=1S/C17H21N3O2/c1-19-8-6-18-17(19)12-20-7-2-3-14(20)13-4-5-15-16(11-13)22-10-9-21-15/h4-6,8,11,14H,2-3,7,9-10,12H2,1H3/t14-/m1/s1. The molecular formula is C17H21N3O2. The van der Waals surface area contributed by atoms with Crippen molar-refractivity contribution in [2.75, 3.05) is 19.8 Å². The molecule has 0 radical (unpaired) electrons. The number of likely N-dealkylation sites (tertiary alicyclic amines) is 1. The second kappa shape index (κ2) is 5.65. The molecule has 1 fully saturated rings. The van der Waals surface area contributed by atoms with Crippen LogP contribution in [0.5, 0.6) is 11.5 Å². The van der Waals surface area contributed by atoms with Crippen molar-refractivity contribution in [2.45, 2.75) is 25.4 Å². The Hall–Kier alpha value is -2.01. The van der Waals surface area contributed by atoms with Crippen molar-refractivity contribution in [3.63, 3.8) is 0 Å². The van der Waals surface area contributed by atoms with Crippen LogP contribution in [0.1, 0.15) is 30.3 Å². The number of nitrogens with zero attached hydrogens (tertiary/aromatic N) is 3. The molecular weight excluding hydrogens is 278 g/mol. The number of aryl methyl sites for hydroxylation is 1. The van der Waals surface area contributed by atoms with Gasteiger partial charge in [-0.15, -0.1) is 0 Å². The van der Waals surface area contributed by atoms with Crippen LogP contribution in [0, 0.1) is 0 Å². The monoisotopic (exact) mass is 299 g/mol. The molecule has 116 valence electrons. The molecule has 0 aliphatic carbocycles. The first-order valence-corrected chi connectivity index (χ1v) is 7.91. The highest BCUT2D eigenvalue weighted by Gasteiger charge is 2.28. The smallest absolute Gasteiger partial charge is 0.161 e. The third-order valence-electron chi connectivity index (χ3n) is 4.58. The van der Waals surface area contributed by atoms with Crippen LogP contribution in [-0.2, 0) is 13.6 Å². The molecule has 3 heterocycles. The maximum Gasteiger partial charge on any atom is 0.161 e. The fourth-order valence-electron chi connectivity index (χ4n) is 3.39. The summed E-state index contributed by atoms with van der Waals surface area (Å²) in [6.07, 6.45) is 6.28. The average Bonchev–Trinajstić information content (AvgIpc) is 3.17. The zero-order valence-corrected chi connectivity index (χ0v) is 12.9. The Labute approximate surface area is 130 Å². The topological polar surface area (TPSA) is 39.5 Å². The van der Waals surface area contributed by atoms with E-state index in [1.807, 2.05) is 18.5 Å². The van der Waals surface area contributed by atoms with Gasteiger partial charge in [0.15, 0.2) is 11.5 Å². The van der Waals surface area contributed by atoms with E-state index < -0.39 is 0 Å². The summed E-state index contributed by atoms with van der Waals surface area (Å²) in [6, 6.07) is 6.80. The second-order valence-corrected chi connectivity index (χ2v) is 5.99. The summed E-state index contributed by atoms with van der Waals surface area (Å²) in [4.78, 5) is 6.96. The van der Waals surface area contributed by atoms with Crippen molar-refractivity contribution in [3.8, 4) is 11.5 Å². The minimum atomic E-state index is 0.438. The van der Waals surface area contributed by atoms with Crippen LogP contribution in [-0.4, -0.2) is 34.2 Å². The van der Waals surface area contributed by atoms with Gasteiger partial charge in [0.25, 0.3) is 0 Å². The fourth-order valence-corrected chi connectivity index (χ4v) is 3.39. The molecule has 1 aromatic heterocycles. The van der Waals surface area contributed by atoms with Gasteiger partial charge in [-0.1, -0.05) is 6.07 Å². The Bertz CT molecular complexity index is 668. The summed E-state index contributed by atoms with van der Waals surface area (Å²) in [5, 5.41) is 0. The Kier molecular flexibility index (Phi) is 3.50. The van der Waals surface area contributed by atoms with E-state index in [0.717, 1.165) is 30.4 Å². The number of imidazole rings is 1. The van der Waals surface area contributed by atoms with Gasteiger partial charge < -0.3 is 14.0 Å². The quantitative estimate of drug-likeness (QED) is 0.873. The lowest BCUT2D eigenvalue weighted by atomic mass is 10.0. The summed E-state index contributed by atoms with van der Waals surface area (Å²) in [6.45, 7) is 3.29. The Morgan fingerprint density at radius 2 is 2.09 bits per heavy atom. The van der Waals surface area contributed by atoms with Crippen LogP contribution >= 0.6 is 0 Å².